The molecule has 0 saturated heterocycles. The quantitative estimate of drug-likeness (QED) is 0.748. The Kier molecular flexibility index (Phi) is 6.01. The van der Waals surface area contributed by atoms with E-state index in [9.17, 15) is 19.2 Å². The van der Waals surface area contributed by atoms with Gasteiger partial charge in [-0.2, -0.15) is 0 Å². The van der Waals surface area contributed by atoms with Crippen LogP contribution in [-0.4, -0.2) is 50.6 Å². The Morgan fingerprint density at radius 3 is 2.20 bits per heavy atom. The lowest BCUT2D eigenvalue weighted by Crippen LogP contribution is -2.47. The van der Waals surface area contributed by atoms with Crippen molar-refractivity contribution in [2.75, 3.05) is 31.0 Å². The highest BCUT2D eigenvalue weighted by Gasteiger charge is 2.30. The zero-order valence-electron chi connectivity index (χ0n) is 16.6. The van der Waals surface area contributed by atoms with Gasteiger partial charge in [0.15, 0.2) is 6.10 Å². The minimum absolute atomic E-state index is 0.0674. The molecule has 0 saturated carbocycles. The van der Waals surface area contributed by atoms with Gasteiger partial charge in [0.2, 0.25) is 5.91 Å². The van der Waals surface area contributed by atoms with E-state index in [1.807, 2.05) is 0 Å². The molecule has 1 unspecified atom stereocenters. The summed E-state index contributed by atoms with van der Waals surface area (Å²) in [4.78, 5) is 50.1. The van der Waals surface area contributed by atoms with Crippen LogP contribution < -0.4 is 15.0 Å². The summed E-state index contributed by atoms with van der Waals surface area (Å²) < 4.78 is 15.1. The summed E-state index contributed by atoms with van der Waals surface area (Å²) in [6, 6.07) is 10.9. The van der Waals surface area contributed by atoms with Crippen molar-refractivity contribution in [3.05, 3.63) is 53.6 Å². The van der Waals surface area contributed by atoms with Gasteiger partial charge in [-0.05, 0) is 37.3 Å². The molecule has 0 aliphatic carbocycles. The van der Waals surface area contributed by atoms with Crippen molar-refractivity contribution in [3.63, 3.8) is 0 Å². The number of esters is 2. The lowest BCUT2D eigenvalue weighted by atomic mass is 10.1. The van der Waals surface area contributed by atoms with Gasteiger partial charge >= 0.3 is 11.9 Å². The molecule has 0 spiro atoms. The molecule has 156 valence electrons. The predicted molar refractivity (Wildman–Crippen MR) is 107 cm³/mol. The first-order chi connectivity index (χ1) is 14.3. The number of hydrogen-bond donors (Lipinski definition) is 1. The van der Waals surface area contributed by atoms with Crippen molar-refractivity contribution >= 4 is 35.1 Å². The summed E-state index contributed by atoms with van der Waals surface area (Å²) in [6.07, 6.45) is -1.01. The number of nitrogens with one attached hydrogen (secondary N) is 1. The van der Waals surface area contributed by atoms with E-state index in [0.717, 1.165) is 0 Å². The van der Waals surface area contributed by atoms with E-state index in [-0.39, 0.29) is 29.3 Å². The van der Waals surface area contributed by atoms with Gasteiger partial charge in [-0.25, -0.2) is 9.59 Å². The number of fused-ring (bicyclic) bond motifs is 1. The number of rotatable bonds is 5. The maximum Gasteiger partial charge on any atom is 0.338 e. The van der Waals surface area contributed by atoms with E-state index >= 15 is 0 Å². The predicted octanol–water partition coefficient (Wildman–Crippen LogP) is 2.01. The van der Waals surface area contributed by atoms with Crippen LogP contribution in [0.4, 0.5) is 11.4 Å². The Hall–Kier alpha value is -3.88. The molecule has 1 heterocycles. The van der Waals surface area contributed by atoms with E-state index < -0.39 is 23.9 Å². The van der Waals surface area contributed by atoms with Crippen LogP contribution in [0, 0.1) is 0 Å². The summed E-state index contributed by atoms with van der Waals surface area (Å²) in [5, 5.41) is 2.71. The average molecular weight is 412 g/mol. The fourth-order valence-electron chi connectivity index (χ4n) is 3.04. The Bertz CT molecular complexity index is 984. The molecule has 30 heavy (non-hydrogen) atoms. The standard InChI is InChI=1S/C21H20N2O7/c1-12(19(25)23-11-18(24)22-16-6-4-5-7-17(16)23)30-15-9-13(20(26)28-2)8-14(10-15)21(27)29-3/h4-10,12H,11H2,1-3H3,(H,22,24). The zero-order chi connectivity index (χ0) is 21.8. The molecule has 1 atom stereocenters. The maximum atomic E-state index is 13.0. The molecular formula is C21H20N2O7. The number of para-hydroxylation sites is 2. The van der Waals surface area contributed by atoms with Gasteiger partial charge < -0.3 is 19.5 Å². The van der Waals surface area contributed by atoms with E-state index in [0.29, 0.717) is 11.4 Å². The van der Waals surface area contributed by atoms with E-state index in [1.54, 1.807) is 24.3 Å². The largest absolute Gasteiger partial charge is 0.481 e. The minimum Gasteiger partial charge on any atom is -0.481 e. The van der Waals surface area contributed by atoms with Crippen LogP contribution in [-0.2, 0) is 19.1 Å². The van der Waals surface area contributed by atoms with Crippen LogP contribution >= 0.6 is 0 Å². The highest BCUT2D eigenvalue weighted by molar-refractivity contribution is 6.11. The molecule has 0 aromatic heterocycles. The Morgan fingerprint density at radius 2 is 1.60 bits per heavy atom. The van der Waals surface area contributed by atoms with Gasteiger partial charge in [0.05, 0.1) is 36.7 Å². The molecule has 2 amide bonds. The third kappa shape index (κ3) is 4.24. The van der Waals surface area contributed by atoms with Crippen LogP contribution in [0.5, 0.6) is 5.75 Å². The van der Waals surface area contributed by atoms with Crippen LogP contribution in [0.25, 0.3) is 0 Å². The van der Waals surface area contributed by atoms with Crippen molar-refractivity contribution in [3.8, 4) is 5.75 Å². The number of hydrogen-bond acceptors (Lipinski definition) is 7. The van der Waals surface area contributed by atoms with Crippen LogP contribution in [0.1, 0.15) is 27.6 Å². The SMILES string of the molecule is COC(=O)c1cc(OC(C)C(=O)N2CC(=O)Nc3ccccc32)cc(C(=O)OC)c1. The first-order valence-corrected chi connectivity index (χ1v) is 9.02. The van der Waals surface area contributed by atoms with Gasteiger partial charge in [0.25, 0.3) is 5.91 Å². The Morgan fingerprint density at radius 1 is 1.00 bits per heavy atom. The molecule has 0 fully saturated rings. The van der Waals surface area contributed by atoms with Crippen molar-refractivity contribution in [1.82, 2.24) is 0 Å². The number of carbonyl (C=O) groups excluding carboxylic acids is 4. The number of nitrogens with zero attached hydrogens (tertiary/aromatic N) is 1. The highest BCUT2D eigenvalue weighted by atomic mass is 16.5. The maximum absolute atomic E-state index is 13.0. The van der Waals surface area contributed by atoms with Crippen LogP contribution in [0.3, 0.4) is 0 Å². The molecule has 1 N–H and O–H groups in total. The fourth-order valence-corrected chi connectivity index (χ4v) is 3.04. The first kappa shape index (κ1) is 20.8. The Labute approximate surface area is 172 Å². The summed E-state index contributed by atoms with van der Waals surface area (Å²) >= 11 is 0. The van der Waals surface area contributed by atoms with Gasteiger partial charge in [-0.15, -0.1) is 0 Å². The second-order valence-corrected chi connectivity index (χ2v) is 6.48. The van der Waals surface area contributed by atoms with Crippen molar-refractivity contribution < 1.29 is 33.4 Å². The summed E-state index contributed by atoms with van der Waals surface area (Å²) in [6.45, 7) is 1.36. The monoisotopic (exact) mass is 412 g/mol. The van der Waals surface area contributed by atoms with E-state index in [2.05, 4.69) is 5.32 Å². The third-order valence-electron chi connectivity index (χ3n) is 4.45. The number of methoxy groups -OCH3 is 2. The molecule has 3 rings (SSSR count). The van der Waals surface area contributed by atoms with Crippen LogP contribution in [0.2, 0.25) is 0 Å². The fraction of sp³-hybridized carbons (Fsp3) is 0.238. The van der Waals surface area contributed by atoms with Gasteiger partial charge in [0, 0.05) is 0 Å². The average Bonchev–Trinajstić information content (AvgIpc) is 2.76. The van der Waals surface area contributed by atoms with Crippen molar-refractivity contribution in [2.45, 2.75) is 13.0 Å². The summed E-state index contributed by atoms with van der Waals surface area (Å²) in [7, 11) is 2.41. The molecule has 2 aromatic rings. The van der Waals surface area contributed by atoms with E-state index in [1.165, 1.54) is 44.2 Å². The lowest BCUT2D eigenvalue weighted by molar-refractivity contribution is -0.126. The normalized spacial score (nSPS) is 13.6. The van der Waals surface area contributed by atoms with Gasteiger partial charge in [0.1, 0.15) is 12.3 Å². The molecule has 9 heteroatoms. The molecule has 9 nitrogen and oxygen atoms in total. The summed E-state index contributed by atoms with van der Waals surface area (Å²) in [5.74, 6) is -2.03. The molecule has 2 aromatic carbocycles. The second kappa shape index (κ2) is 8.64. The number of carbonyl (C=O) groups is 4. The molecule has 1 aliphatic rings. The van der Waals surface area contributed by atoms with Gasteiger partial charge in [-0.3, -0.25) is 14.5 Å². The molecule has 0 radical (unpaired) electrons. The highest BCUT2D eigenvalue weighted by Crippen LogP contribution is 2.30. The number of ether oxygens (including phenoxy) is 3. The number of benzene rings is 2. The van der Waals surface area contributed by atoms with Crippen molar-refractivity contribution in [1.29, 1.82) is 0 Å². The zero-order valence-corrected chi connectivity index (χ0v) is 16.6. The topological polar surface area (TPSA) is 111 Å². The lowest BCUT2D eigenvalue weighted by Gasteiger charge is -2.31. The minimum atomic E-state index is -1.01. The van der Waals surface area contributed by atoms with E-state index in [4.69, 9.17) is 14.2 Å². The molecule has 1 aliphatic heterocycles. The third-order valence-corrected chi connectivity index (χ3v) is 4.45. The van der Waals surface area contributed by atoms with Crippen molar-refractivity contribution in [2.24, 2.45) is 0 Å². The number of anilines is 2. The van der Waals surface area contributed by atoms with Crippen LogP contribution in [0.15, 0.2) is 42.5 Å². The smallest absolute Gasteiger partial charge is 0.338 e. The number of amides is 2. The van der Waals surface area contributed by atoms with Gasteiger partial charge in [-0.1, -0.05) is 12.1 Å². The Balaban J connectivity index is 1.87. The second-order valence-electron chi connectivity index (χ2n) is 6.48. The first-order valence-electron chi connectivity index (χ1n) is 9.02. The molecular weight excluding hydrogens is 392 g/mol. The molecule has 0 bridgehead atoms. The summed E-state index contributed by atoms with van der Waals surface area (Å²) in [5.41, 5.74) is 1.21.